The highest BCUT2D eigenvalue weighted by Gasteiger charge is 2.30. The number of carbonyl (C=O) groups is 2. The molecule has 8 nitrogen and oxygen atoms in total. The average molecular weight is 456 g/mol. The molecule has 158 valence electrons. The molecule has 31 heavy (non-hydrogen) atoms. The summed E-state index contributed by atoms with van der Waals surface area (Å²) in [5, 5.41) is 11.1. The standard InChI is InChI=1S/C21H17N3O5S2/c25-16-10-15(12-30-21-24-23-20(31-21)22-19(27)14-7-8-14)28-11-17(16)29-18(26)9-6-13-4-2-1-3-5-13/h1-6,9-11,14H,7-8,12H2,(H,22,23,27)/b9-6+. The van der Waals surface area contributed by atoms with E-state index in [1.54, 1.807) is 6.08 Å². The lowest BCUT2D eigenvalue weighted by molar-refractivity contribution is -0.129. The van der Waals surface area contributed by atoms with E-state index in [-0.39, 0.29) is 17.6 Å². The molecule has 4 rings (SSSR count). The Morgan fingerprint density at radius 1 is 1.26 bits per heavy atom. The zero-order valence-corrected chi connectivity index (χ0v) is 17.8. The Hall–Kier alpha value is -3.24. The maximum atomic E-state index is 12.2. The molecule has 10 heteroatoms. The number of benzene rings is 1. The van der Waals surface area contributed by atoms with Crippen LogP contribution in [0.2, 0.25) is 0 Å². The van der Waals surface area contributed by atoms with Gasteiger partial charge in [0.15, 0.2) is 4.34 Å². The van der Waals surface area contributed by atoms with Crippen molar-refractivity contribution in [3.05, 3.63) is 70.3 Å². The molecule has 0 saturated heterocycles. The summed E-state index contributed by atoms with van der Waals surface area (Å²) in [7, 11) is 0. The molecule has 3 aromatic rings. The molecule has 0 spiro atoms. The zero-order chi connectivity index (χ0) is 21.6. The third-order valence-electron chi connectivity index (χ3n) is 4.20. The first-order chi connectivity index (χ1) is 15.1. The normalized spacial score (nSPS) is 13.3. The summed E-state index contributed by atoms with van der Waals surface area (Å²) in [4.78, 5) is 35.9. The summed E-state index contributed by atoms with van der Waals surface area (Å²) in [6.07, 6.45) is 5.79. The summed E-state index contributed by atoms with van der Waals surface area (Å²) in [5.41, 5.74) is 0.378. The van der Waals surface area contributed by atoms with E-state index in [1.807, 2.05) is 30.3 Å². The number of hydrogen-bond acceptors (Lipinski definition) is 9. The summed E-state index contributed by atoms with van der Waals surface area (Å²) in [6.45, 7) is 0. The molecular weight excluding hydrogens is 438 g/mol. The van der Waals surface area contributed by atoms with Crippen LogP contribution in [-0.4, -0.2) is 22.1 Å². The molecule has 1 amide bonds. The van der Waals surface area contributed by atoms with Crippen LogP contribution in [0.4, 0.5) is 5.13 Å². The molecule has 0 bridgehead atoms. The molecule has 1 fully saturated rings. The Morgan fingerprint density at radius 3 is 2.81 bits per heavy atom. The van der Waals surface area contributed by atoms with Crippen molar-refractivity contribution in [2.75, 3.05) is 5.32 Å². The number of hydrogen-bond donors (Lipinski definition) is 1. The SMILES string of the molecule is O=C(/C=C/c1ccccc1)Oc1coc(CSc2nnc(NC(=O)C3CC3)s2)cc1=O. The van der Waals surface area contributed by atoms with Crippen molar-refractivity contribution in [2.24, 2.45) is 5.92 Å². The first-order valence-corrected chi connectivity index (χ1v) is 11.2. The summed E-state index contributed by atoms with van der Waals surface area (Å²) in [5.74, 6) is -0.0558. The largest absolute Gasteiger partial charge is 0.464 e. The Morgan fingerprint density at radius 2 is 2.06 bits per heavy atom. The van der Waals surface area contributed by atoms with Gasteiger partial charge in [0, 0.05) is 18.1 Å². The summed E-state index contributed by atoms with van der Waals surface area (Å²) >= 11 is 2.58. The summed E-state index contributed by atoms with van der Waals surface area (Å²) < 4.78 is 11.1. The first-order valence-electron chi connectivity index (χ1n) is 9.40. The van der Waals surface area contributed by atoms with Gasteiger partial charge in [0.2, 0.25) is 22.2 Å². The predicted molar refractivity (Wildman–Crippen MR) is 117 cm³/mol. The number of anilines is 1. The zero-order valence-electron chi connectivity index (χ0n) is 16.1. The van der Waals surface area contributed by atoms with Gasteiger partial charge >= 0.3 is 5.97 Å². The van der Waals surface area contributed by atoms with Crippen LogP contribution in [0.5, 0.6) is 5.75 Å². The quantitative estimate of drug-likeness (QED) is 0.237. The Balaban J connectivity index is 1.30. The van der Waals surface area contributed by atoms with Gasteiger partial charge in [-0.05, 0) is 24.5 Å². The number of nitrogens with zero attached hydrogens (tertiary/aromatic N) is 2. The van der Waals surface area contributed by atoms with E-state index in [0.29, 0.717) is 21.0 Å². The Labute approximate surface area is 185 Å². The number of nitrogens with one attached hydrogen (secondary N) is 1. The highest BCUT2D eigenvalue weighted by atomic mass is 32.2. The molecule has 1 aromatic carbocycles. The van der Waals surface area contributed by atoms with Gasteiger partial charge in [-0.3, -0.25) is 9.59 Å². The number of carbonyl (C=O) groups excluding carboxylic acids is 2. The number of aromatic nitrogens is 2. The molecule has 0 unspecified atom stereocenters. The Kier molecular flexibility index (Phi) is 6.58. The van der Waals surface area contributed by atoms with Gasteiger partial charge in [-0.25, -0.2) is 4.79 Å². The van der Waals surface area contributed by atoms with Crippen molar-refractivity contribution < 1.29 is 18.7 Å². The van der Waals surface area contributed by atoms with Crippen LogP contribution in [0.1, 0.15) is 24.2 Å². The minimum Gasteiger partial charge on any atom is -0.464 e. The molecule has 2 heterocycles. The van der Waals surface area contributed by atoms with Crippen LogP contribution in [-0.2, 0) is 15.3 Å². The highest BCUT2D eigenvalue weighted by molar-refractivity contribution is 8.00. The third-order valence-corrected chi connectivity index (χ3v) is 6.19. The van der Waals surface area contributed by atoms with Crippen molar-refractivity contribution in [3.8, 4) is 5.75 Å². The van der Waals surface area contributed by atoms with E-state index in [9.17, 15) is 14.4 Å². The molecule has 1 aliphatic rings. The molecule has 0 radical (unpaired) electrons. The smallest absolute Gasteiger partial charge is 0.336 e. The minimum atomic E-state index is -0.673. The molecule has 0 aliphatic heterocycles. The number of ether oxygens (including phenoxy) is 1. The van der Waals surface area contributed by atoms with Crippen molar-refractivity contribution in [1.82, 2.24) is 10.2 Å². The van der Waals surface area contributed by atoms with E-state index in [0.717, 1.165) is 24.7 Å². The van der Waals surface area contributed by atoms with Gasteiger partial charge in [-0.2, -0.15) is 0 Å². The summed E-state index contributed by atoms with van der Waals surface area (Å²) in [6, 6.07) is 10.5. The van der Waals surface area contributed by atoms with E-state index in [1.165, 1.54) is 35.2 Å². The maximum absolute atomic E-state index is 12.2. The van der Waals surface area contributed by atoms with E-state index < -0.39 is 11.4 Å². The molecular formula is C21H17N3O5S2. The average Bonchev–Trinajstić information content (AvgIpc) is 3.54. The van der Waals surface area contributed by atoms with Crippen LogP contribution in [0.25, 0.3) is 6.08 Å². The van der Waals surface area contributed by atoms with Crippen LogP contribution >= 0.6 is 23.1 Å². The van der Waals surface area contributed by atoms with Crippen molar-refractivity contribution >= 4 is 46.2 Å². The second kappa shape index (κ2) is 9.71. The van der Waals surface area contributed by atoms with E-state index in [2.05, 4.69) is 15.5 Å². The number of esters is 1. The lowest BCUT2D eigenvalue weighted by atomic mass is 10.2. The second-order valence-electron chi connectivity index (χ2n) is 6.67. The lowest BCUT2D eigenvalue weighted by Gasteiger charge is -2.02. The fourth-order valence-corrected chi connectivity index (χ4v) is 4.11. The lowest BCUT2D eigenvalue weighted by Crippen LogP contribution is -2.12. The molecule has 1 N–H and O–H groups in total. The van der Waals surface area contributed by atoms with Gasteiger partial charge in [-0.1, -0.05) is 53.4 Å². The number of rotatable bonds is 8. The van der Waals surface area contributed by atoms with E-state index >= 15 is 0 Å². The minimum absolute atomic E-state index is 0.0255. The van der Waals surface area contributed by atoms with Gasteiger partial charge in [0.1, 0.15) is 12.0 Å². The fraction of sp³-hybridized carbons (Fsp3) is 0.190. The second-order valence-corrected chi connectivity index (χ2v) is 8.87. The third kappa shape index (κ3) is 6.12. The fourth-order valence-electron chi connectivity index (χ4n) is 2.46. The first kappa shape index (κ1) is 21.0. The van der Waals surface area contributed by atoms with E-state index in [4.69, 9.17) is 9.15 Å². The predicted octanol–water partition coefficient (Wildman–Crippen LogP) is 3.75. The highest BCUT2D eigenvalue weighted by Crippen LogP contribution is 2.32. The number of thioether (sulfide) groups is 1. The van der Waals surface area contributed by atoms with Crippen LogP contribution in [0.15, 0.2) is 62.3 Å². The van der Waals surface area contributed by atoms with Crippen molar-refractivity contribution in [2.45, 2.75) is 22.9 Å². The molecule has 1 aliphatic carbocycles. The van der Waals surface area contributed by atoms with Gasteiger partial charge in [0.25, 0.3) is 0 Å². The molecule has 2 aromatic heterocycles. The number of amides is 1. The monoisotopic (exact) mass is 455 g/mol. The topological polar surface area (TPSA) is 111 Å². The molecule has 1 saturated carbocycles. The van der Waals surface area contributed by atoms with Crippen molar-refractivity contribution in [1.29, 1.82) is 0 Å². The van der Waals surface area contributed by atoms with Gasteiger partial charge < -0.3 is 14.5 Å². The maximum Gasteiger partial charge on any atom is 0.336 e. The van der Waals surface area contributed by atoms with Crippen molar-refractivity contribution in [3.63, 3.8) is 0 Å². The Bertz CT molecular complexity index is 1170. The van der Waals surface area contributed by atoms with Crippen LogP contribution in [0.3, 0.4) is 0 Å². The van der Waals surface area contributed by atoms with Gasteiger partial charge in [-0.15, -0.1) is 10.2 Å². The van der Waals surface area contributed by atoms with Crippen LogP contribution < -0.4 is 15.5 Å². The molecule has 0 atom stereocenters. The van der Waals surface area contributed by atoms with Crippen LogP contribution in [0, 0.1) is 5.92 Å². The van der Waals surface area contributed by atoms with Gasteiger partial charge in [0.05, 0.1) is 5.75 Å².